The molecule has 2 aliphatic rings. The van der Waals surface area contributed by atoms with E-state index >= 15 is 0 Å². The second kappa shape index (κ2) is 8.68. The molecule has 3 heteroatoms. The minimum atomic E-state index is 0.585. The number of pyridine rings is 1. The smallest absolute Gasteiger partial charge is 0.133 e. The molecule has 0 saturated carbocycles. The van der Waals surface area contributed by atoms with Crippen molar-refractivity contribution in [1.29, 1.82) is 0 Å². The van der Waals surface area contributed by atoms with Crippen LogP contribution in [0.1, 0.15) is 76.3 Å². The van der Waals surface area contributed by atoms with Gasteiger partial charge in [-0.25, -0.2) is 4.98 Å². The Morgan fingerprint density at radius 1 is 1.04 bits per heavy atom. The van der Waals surface area contributed by atoms with E-state index < -0.39 is 0 Å². The first kappa shape index (κ1) is 16.8. The minimum Gasteiger partial charge on any atom is -0.356 e. The average Bonchev–Trinajstić information content (AvgIpc) is 2.89. The third-order valence-electron chi connectivity index (χ3n) is 5.49. The quantitative estimate of drug-likeness (QED) is 0.779. The number of unbranched alkanes of at least 4 members (excludes halogenated alkanes) is 1. The molecule has 0 amide bonds. The van der Waals surface area contributed by atoms with Crippen LogP contribution in [0.15, 0.2) is 18.3 Å². The summed E-state index contributed by atoms with van der Waals surface area (Å²) in [6, 6.07) is 5.08. The van der Waals surface area contributed by atoms with E-state index in [4.69, 9.17) is 4.98 Å². The average molecular weight is 316 g/mol. The van der Waals surface area contributed by atoms with Gasteiger partial charge in [-0.3, -0.25) is 4.90 Å². The van der Waals surface area contributed by atoms with Crippen molar-refractivity contribution in [3.63, 3.8) is 0 Å². The maximum Gasteiger partial charge on any atom is 0.133 e. The zero-order valence-electron chi connectivity index (χ0n) is 14.8. The summed E-state index contributed by atoms with van der Waals surface area (Å²) in [6.45, 7) is 7.18. The van der Waals surface area contributed by atoms with Gasteiger partial charge >= 0.3 is 0 Å². The fourth-order valence-corrected chi connectivity index (χ4v) is 4.19. The van der Waals surface area contributed by atoms with Gasteiger partial charge in [0.25, 0.3) is 0 Å². The van der Waals surface area contributed by atoms with Crippen LogP contribution in [0.4, 0.5) is 5.82 Å². The Bertz CT molecular complexity index is 466. The fourth-order valence-electron chi connectivity index (χ4n) is 4.19. The number of rotatable bonds is 5. The lowest BCUT2D eigenvalue weighted by molar-refractivity contribution is 0.146. The molecule has 1 atom stereocenters. The summed E-state index contributed by atoms with van der Waals surface area (Å²) < 4.78 is 0. The third kappa shape index (κ3) is 4.26. The van der Waals surface area contributed by atoms with Crippen LogP contribution in [0.5, 0.6) is 0 Å². The largest absolute Gasteiger partial charge is 0.356 e. The third-order valence-corrected chi connectivity index (χ3v) is 5.49. The summed E-state index contributed by atoms with van der Waals surface area (Å²) in [5.74, 6) is 1.28. The molecule has 23 heavy (non-hydrogen) atoms. The molecule has 1 aromatic rings. The van der Waals surface area contributed by atoms with E-state index in [1.807, 2.05) is 6.20 Å². The Morgan fingerprint density at radius 3 is 2.61 bits per heavy atom. The minimum absolute atomic E-state index is 0.585. The van der Waals surface area contributed by atoms with Gasteiger partial charge in [0.15, 0.2) is 0 Å². The summed E-state index contributed by atoms with van der Waals surface area (Å²) in [7, 11) is 0. The molecule has 0 spiro atoms. The molecule has 0 aliphatic carbocycles. The summed E-state index contributed by atoms with van der Waals surface area (Å²) in [6.07, 6.45) is 14.0. The van der Waals surface area contributed by atoms with E-state index in [1.165, 1.54) is 95.3 Å². The van der Waals surface area contributed by atoms with Crippen molar-refractivity contribution in [2.75, 3.05) is 31.1 Å². The van der Waals surface area contributed by atoms with Gasteiger partial charge in [0.1, 0.15) is 5.82 Å². The van der Waals surface area contributed by atoms with Gasteiger partial charge in [0.2, 0.25) is 0 Å². The van der Waals surface area contributed by atoms with Crippen LogP contribution in [0.25, 0.3) is 0 Å². The summed E-state index contributed by atoms with van der Waals surface area (Å²) in [4.78, 5) is 10.1. The van der Waals surface area contributed by atoms with Crippen LogP contribution in [0, 0.1) is 0 Å². The predicted molar refractivity (Wildman–Crippen MR) is 98.0 cm³/mol. The maximum atomic E-state index is 4.83. The van der Waals surface area contributed by atoms with Gasteiger partial charge in [-0.1, -0.05) is 38.7 Å². The van der Waals surface area contributed by atoms with E-state index in [-0.39, 0.29) is 0 Å². The van der Waals surface area contributed by atoms with E-state index in [0.717, 1.165) is 0 Å². The van der Waals surface area contributed by atoms with Crippen molar-refractivity contribution in [2.45, 2.75) is 70.8 Å². The van der Waals surface area contributed by atoms with Crippen molar-refractivity contribution in [2.24, 2.45) is 0 Å². The van der Waals surface area contributed by atoms with Crippen LogP contribution < -0.4 is 4.90 Å². The summed E-state index contributed by atoms with van der Waals surface area (Å²) in [5, 5.41) is 0. The molecule has 0 bridgehead atoms. The molecular formula is C20H33N3. The van der Waals surface area contributed by atoms with Crippen molar-refractivity contribution in [1.82, 2.24) is 9.88 Å². The van der Waals surface area contributed by atoms with Gasteiger partial charge in [-0.15, -0.1) is 0 Å². The molecule has 2 saturated heterocycles. The lowest BCUT2D eigenvalue weighted by Crippen LogP contribution is -2.36. The molecule has 3 heterocycles. The molecule has 1 aromatic heterocycles. The summed E-state index contributed by atoms with van der Waals surface area (Å²) in [5.41, 5.74) is 1.49. The van der Waals surface area contributed by atoms with Crippen molar-refractivity contribution >= 4 is 5.82 Å². The first-order chi connectivity index (χ1) is 11.4. The fraction of sp³-hybridized carbons (Fsp3) is 0.750. The first-order valence-electron chi connectivity index (χ1n) is 9.84. The number of hydrogen-bond donors (Lipinski definition) is 0. The highest BCUT2D eigenvalue weighted by Gasteiger charge is 2.27. The highest BCUT2D eigenvalue weighted by molar-refractivity contribution is 5.48. The Labute approximate surface area is 142 Å². The predicted octanol–water partition coefficient (Wildman–Crippen LogP) is 4.79. The molecule has 3 nitrogen and oxygen atoms in total. The van der Waals surface area contributed by atoms with E-state index in [2.05, 4.69) is 28.9 Å². The van der Waals surface area contributed by atoms with E-state index in [9.17, 15) is 0 Å². The molecule has 1 unspecified atom stereocenters. The topological polar surface area (TPSA) is 19.4 Å². The molecule has 2 aliphatic heterocycles. The number of anilines is 1. The van der Waals surface area contributed by atoms with Crippen molar-refractivity contribution in [3.05, 3.63) is 23.9 Å². The monoisotopic (exact) mass is 315 g/mol. The van der Waals surface area contributed by atoms with Crippen LogP contribution >= 0.6 is 0 Å². The number of nitrogens with zero attached hydrogens (tertiary/aromatic N) is 3. The van der Waals surface area contributed by atoms with Gasteiger partial charge < -0.3 is 4.90 Å². The zero-order chi connectivity index (χ0) is 15.9. The number of likely N-dealkylation sites (tertiary alicyclic amines) is 1. The van der Waals surface area contributed by atoms with E-state index in [0.29, 0.717) is 6.04 Å². The van der Waals surface area contributed by atoms with Gasteiger partial charge in [-0.05, 0) is 51.3 Å². The molecule has 0 aromatic carbocycles. The molecule has 3 rings (SSSR count). The molecular weight excluding hydrogens is 282 g/mol. The van der Waals surface area contributed by atoms with Gasteiger partial charge in [0.05, 0.1) is 0 Å². The molecule has 128 valence electrons. The molecule has 0 N–H and O–H groups in total. The highest BCUT2D eigenvalue weighted by Crippen LogP contribution is 2.36. The second-order valence-electron chi connectivity index (χ2n) is 7.22. The lowest BCUT2D eigenvalue weighted by Gasteiger charge is -2.38. The van der Waals surface area contributed by atoms with Crippen molar-refractivity contribution < 1.29 is 0 Å². The number of piperidine rings is 1. The normalized spacial score (nSPS) is 23.7. The van der Waals surface area contributed by atoms with Crippen molar-refractivity contribution in [3.8, 4) is 0 Å². The Balaban J connectivity index is 1.82. The SMILES string of the molecule is CCCCN1CCCCC1c1cccnc1N1CCCCCC1. The van der Waals surface area contributed by atoms with Crippen LogP contribution in [0.3, 0.4) is 0 Å². The Kier molecular flexibility index (Phi) is 6.32. The highest BCUT2D eigenvalue weighted by atomic mass is 15.2. The first-order valence-corrected chi connectivity index (χ1v) is 9.84. The van der Waals surface area contributed by atoms with E-state index in [1.54, 1.807) is 0 Å². The second-order valence-corrected chi connectivity index (χ2v) is 7.22. The maximum absolute atomic E-state index is 4.83. The summed E-state index contributed by atoms with van der Waals surface area (Å²) >= 11 is 0. The standard InChI is InChI=1S/C20H33N3/c1-2-3-14-22-15-9-6-12-19(22)18-11-10-13-21-20(18)23-16-7-4-5-8-17-23/h10-11,13,19H,2-9,12,14-17H2,1H3. The van der Waals surface area contributed by atoms with Gasteiger partial charge in [-0.2, -0.15) is 0 Å². The lowest BCUT2D eigenvalue weighted by atomic mass is 9.95. The molecule has 2 fully saturated rings. The van der Waals surface area contributed by atoms with Crippen LogP contribution in [-0.4, -0.2) is 36.1 Å². The van der Waals surface area contributed by atoms with Gasteiger partial charge in [0, 0.05) is 30.9 Å². The zero-order valence-corrected chi connectivity index (χ0v) is 14.8. The van der Waals surface area contributed by atoms with Crippen LogP contribution in [-0.2, 0) is 0 Å². The van der Waals surface area contributed by atoms with Crippen LogP contribution in [0.2, 0.25) is 0 Å². The Hall–Kier alpha value is -1.09. The molecule has 0 radical (unpaired) electrons. The number of hydrogen-bond acceptors (Lipinski definition) is 3. The number of aromatic nitrogens is 1. The Morgan fingerprint density at radius 2 is 1.83 bits per heavy atom.